The molecule has 1 aliphatic heterocycles. The molecule has 3 N–H and O–H groups in total. The standard InChI is InChI=1S/C38H48F3N5O2/c1-7-28-13-16-33(35(32(27(28)5)15-11-25(2)3)42-17-18-46-21-19-45(6)20-22-46)37(48)44-34-24-31(14-12-26(34)4)43-36(47)29-9-8-10-30(23-29)38(39,40)41/h8-12,14-16,23-25,42H,7,13,17-22H2,1-6H3,(H,43,47)(H,44,48)/b15-11-. The molecule has 0 bridgehead atoms. The Bertz CT molecular complexity index is 1610. The molecule has 10 heteroatoms. The van der Waals surface area contributed by atoms with E-state index in [1.807, 2.05) is 13.0 Å². The Morgan fingerprint density at radius 3 is 2.38 bits per heavy atom. The lowest BCUT2D eigenvalue weighted by Crippen LogP contribution is -2.46. The van der Waals surface area contributed by atoms with Crippen molar-refractivity contribution in [3.63, 3.8) is 0 Å². The Morgan fingerprint density at radius 1 is 0.979 bits per heavy atom. The molecule has 0 unspecified atom stereocenters. The number of aryl methyl sites for hydroxylation is 1. The fraction of sp³-hybridized carbons (Fsp3) is 0.421. The molecule has 1 fully saturated rings. The number of anilines is 2. The van der Waals surface area contributed by atoms with Gasteiger partial charge in [-0.05, 0) is 81.1 Å². The van der Waals surface area contributed by atoms with Crippen molar-refractivity contribution < 1.29 is 22.8 Å². The Labute approximate surface area is 282 Å². The first-order valence-corrected chi connectivity index (χ1v) is 16.6. The molecule has 0 radical (unpaired) electrons. The SMILES string of the molecule is CCC1=C(C)C(/C=C\C(C)C)=C(NCCN2CCN(C)CC2)C(C(=O)Nc2cc(NC(=O)c3cccc(C(F)(F)F)c3)ccc2C)=CC1. The monoisotopic (exact) mass is 663 g/mol. The van der Waals surface area contributed by atoms with Gasteiger partial charge in [-0.2, -0.15) is 13.2 Å². The molecule has 0 spiro atoms. The highest BCUT2D eigenvalue weighted by molar-refractivity contribution is 6.08. The first-order chi connectivity index (χ1) is 22.8. The number of carbonyl (C=O) groups is 2. The van der Waals surface area contributed by atoms with E-state index in [1.54, 1.807) is 18.2 Å². The van der Waals surface area contributed by atoms with Gasteiger partial charge in [-0.25, -0.2) is 0 Å². The maximum Gasteiger partial charge on any atom is 0.416 e. The van der Waals surface area contributed by atoms with Gasteiger partial charge >= 0.3 is 6.18 Å². The second-order valence-electron chi connectivity index (χ2n) is 12.9. The smallest absolute Gasteiger partial charge is 0.383 e. The Morgan fingerprint density at radius 2 is 1.71 bits per heavy atom. The summed E-state index contributed by atoms with van der Waals surface area (Å²) in [5, 5.41) is 9.38. The molecule has 0 aromatic heterocycles. The normalized spacial score (nSPS) is 16.8. The first-order valence-electron chi connectivity index (χ1n) is 16.6. The summed E-state index contributed by atoms with van der Waals surface area (Å²) in [5.41, 5.74) is 5.33. The maximum absolute atomic E-state index is 14.1. The number of nitrogens with one attached hydrogen (secondary N) is 3. The van der Waals surface area contributed by atoms with Crippen molar-refractivity contribution >= 4 is 23.2 Å². The van der Waals surface area contributed by atoms with Crippen LogP contribution in [0.1, 0.15) is 62.0 Å². The van der Waals surface area contributed by atoms with E-state index in [-0.39, 0.29) is 11.5 Å². The van der Waals surface area contributed by atoms with Crippen LogP contribution in [-0.4, -0.2) is 67.9 Å². The van der Waals surface area contributed by atoms with Gasteiger partial charge in [-0.15, -0.1) is 0 Å². The first kappa shape index (κ1) is 36.7. The summed E-state index contributed by atoms with van der Waals surface area (Å²) in [5.74, 6) is -0.649. The molecule has 7 nitrogen and oxygen atoms in total. The number of piperazine rings is 1. The Hall–Kier alpha value is -4.15. The van der Waals surface area contributed by atoms with Gasteiger partial charge < -0.3 is 20.9 Å². The second-order valence-corrected chi connectivity index (χ2v) is 12.9. The van der Waals surface area contributed by atoms with Crippen molar-refractivity contribution in [3.05, 3.63) is 105 Å². The topological polar surface area (TPSA) is 76.7 Å². The van der Waals surface area contributed by atoms with Gasteiger partial charge in [-0.3, -0.25) is 14.5 Å². The van der Waals surface area contributed by atoms with Gasteiger partial charge in [0.05, 0.1) is 16.8 Å². The van der Waals surface area contributed by atoms with Gasteiger partial charge in [0, 0.05) is 61.8 Å². The molecule has 258 valence electrons. The molecule has 0 atom stereocenters. The van der Waals surface area contributed by atoms with Crippen LogP contribution in [0.15, 0.2) is 88.7 Å². The number of halogens is 3. The minimum absolute atomic E-state index is 0.117. The van der Waals surface area contributed by atoms with Gasteiger partial charge in [0.25, 0.3) is 11.8 Å². The van der Waals surface area contributed by atoms with Crippen molar-refractivity contribution in [2.45, 2.75) is 53.6 Å². The van der Waals surface area contributed by atoms with Crippen LogP contribution in [0.2, 0.25) is 0 Å². The zero-order valence-electron chi connectivity index (χ0n) is 28.9. The minimum atomic E-state index is -4.56. The third-order valence-corrected chi connectivity index (χ3v) is 8.87. The van der Waals surface area contributed by atoms with Crippen LogP contribution < -0.4 is 16.0 Å². The van der Waals surface area contributed by atoms with Gasteiger partial charge in [0.2, 0.25) is 0 Å². The number of rotatable bonds is 11. The maximum atomic E-state index is 14.1. The van der Waals surface area contributed by atoms with Crippen LogP contribution in [0.5, 0.6) is 0 Å². The van der Waals surface area contributed by atoms with Crippen LogP contribution in [0, 0.1) is 12.8 Å². The number of allylic oxidation sites excluding steroid dienone is 6. The van der Waals surface area contributed by atoms with E-state index >= 15 is 0 Å². The van der Waals surface area contributed by atoms with Crippen molar-refractivity contribution in [3.8, 4) is 0 Å². The molecule has 1 heterocycles. The quantitative estimate of drug-likeness (QED) is 0.231. The van der Waals surface area contributed by atoms with E-state index in [9.17, 15) is 22.8 Å². The fourth-order valence-corrected chi connectivity index (χ4v) is 5.78. The van der Waals surface area contributed by atoms with Crippen LogP contribution in [0.3, 0.4) is 0 Å². The summed E-state index contributed by atoms with van der Waals surface area (Å²) in [6.45, 7) is 15.9. The van der Waals surface area contributed by atoms with Gasteiger partial charge in [-0.1, -0.05) is 56.7 Å². The third-order valence-electron chi connectivity index (χ3n) is 8.87. The van der Waals surface area contributed by atoms with Crippen LogP contribution >= 0.6 is 0 Å². The summed E-state index contributed by atoms with van der Waals surface area (Å²) in [7, 11) is 2.14. The van der Waals surface area contributed by atoms with E-state index in [2.05, 4.69) is 72.6 Å². The van der Waals surface area contributed by atoms with E-state index in [4.69, 9.17) is 0 Å². The van der Waals surface area contributed by atoms with E-state index in [0.29, 0.717) is 35.8 Å². The number of nitrogens with zero attached hydrogens (tertiary/aromatic N) is 2. The summed E-state index contributed by atoms with van der Waals surface area (Å²) in [6, 6.07) is 9.31. The Balaban J connectivity index is 1.60. The molecular weight excluding hydrogens is 615 g/mol. The molecule has 2 aromatic rings. The predicted octanol–water partition coefficient (Wildman–Crippen LogP) is 7.56. The van der Waals surface area contributed by atoms with Gasteiger partial charge in [0.1, 0.15) is 0 Å². The van der Waals surface area contributed by atoms with Crippen LogP contribution in [0.25, 0.3) is 0 Å². The predicted molar refractivity (Wildman–Crippen MR) is 188 cm³/mol. The zero-order valence-corrected chi connectivity index (χ0v) is 28.9. The summed E-state index contributed by atoms with van der Waals surface area (Å²) < 4.78 is 39.7. The molecule has 0 saturated carbocycles. The summed E-state index contributed by atoms with van der Waals surface area (Å²) in [6.07, 6.45) is 3.19. The van der Waals surface area contributed by atoms with E-state index in [1.165, 1.54) is 17.7 Å². The molecule has 48 heavy (non-hydrogen) atoms. The number of benzene rings is 2. The van der Waals surface area contributed by atoms with Crippen LogP contribution in [0.4, 0.5) is 24.5 Å². The molecule has 2 aromatic carbocycles. The number of carbonyl (C=O) groups excluding carboxylic acids is 2. The zero-order chi connectivity index (χ0) is 35.0. The molecule has 1 saturated heterocycles. The lowest BCUT2D eigenvalue weighted by molar-refractivity contribution is -0.137. The van der Waals surface area contributed by atoms with Crippen molar-refractivity contribution in [2.24, 2.45) is 5.92 Å². The summed E-state index contributed by atoms with van der Waals surface area (Å²) >= 11 is 0. The molecule has 2 amide bonds. The number of amides is 2. The number of hydrogen-bond acceptors (Lipinski definition) is 5. The highest BCUT2D eigenvalue weighted by Crippen LogP contribution is 2.33. The van der Waals surface area contributed by atoms with E-state index in [0.717, 1.165) is 73.7 Å². The lowest BCUT2D eigenvalue weighted by atomic mass is 9.96. The second kappa shape index (κ2) is 16.3. The van der Waals surface area contributed by atoms with Crippen molar-refractivity contribution in [1.82, 2.24) is 15.1 Å². The Kier molecular flexibility index (Phi) is 12.5. The van der Waals surface area contributed by atoms with Crippen LogP contribution in [-0.2, 0) is 11.0 Å². The number of likely N-dealkylation sites (N-methyl/N-ethyl adjacent to an activating group) is 1. The highest BCUT2D eigenvalue weighted by Gasteiger charge is 2.31. The van der Waals surface area contributed by atoms with E-state index < -0.39 is 17.6 Å². The molecule has 4 rings (SSSR count). The minimum Gasteiger partial charge on any atom is -0.383 e. The molecular formula is C38H48F3N5O2. The fourth-order valence-electron chi connectivity index (χ4n) is 5.78. The average Bonchev–Trinajstić information content (AvgIpc) is 3.17. The lowest BCUT2D eigenvalue weighted by Gasteiger charge is -2.32. The number of alkyl halides is 3. The third kappa shape index (κ3) is 9.70. The largest absolute Gasteiger partial charge is 0.416 e. The average molecular weight is 664 g/mol. The molecule has 1 aliphatic carbocycles. The van der Waals surface area contributed by atoms with Gasteiger partial charge in [0.15, 0.2) is 0 Å². The molecule has 2 aliphatic rings. The van der Waals surface area contributed by atoms with Crippen molar-refractivity contribution in [1.29, 1.82) is 0 Å². The number of hydrogen-bond donors (Lipinski definition) is 3. The summed E-state index contributed by atoms with van der Waals surface area (Å²) in [4.78, 5) is 31.8. The van der Waals surface area contributed by atoms with Crippen molar-refractivity contribution in [2.75, 3.05) is 56.9 Å². The highest BCUT2D eigenvalue weighted by atomic mass is 19.4.